The van der Waals surface area contributed by atoms with Crippen molar-refractivity contribution in [1.29, 1.82) is 0 Å². The van der Waals surface area contributed by atoms with Gasteiger partial charge in [0.1, 0.15) is 4.29 Å². The van der Waals surface area contributed by atoms with E-state index in [9.17, 15) is 14.0 Å². The number of hydrogen-bond acceptors (Lipinski definition) is 5. The van der Waals surface area contributed by atoms with Crippen molar-refractivity contribution in [3.8, 4) is 0 Å². The third kappa shape index (κ3) is 2.81. The van der Waals surface area contributed by atoms with Gasteiger partial charge in [0, 0.05) is 11.8 Å². The molecule has 1 aliphatic rings. The van der Waals surface area contributed by atoms with Gasteiger partial charge in [0.15, 0.2) is 0 Å². The molecule has 108 valence electrons. The normalized spacial score (nSPS) is 31.7. The Bertz CT molecular complexity index is 308. The summed E-state index contributed by atoms with van der Waals surface area (Å²) >= 11 is 0. The Morgan fingerprint density at radius 2 is 1.50 bits per heavy atom. The summed E-state index contributed by atoms with van der Waals surface area (Å²) in [4.78, 5) is 0. The lowest BCUT2D eigenvalue weighted by Gasteiger charge is -2.36. The lowest BCUT2D eigenvalue weighted by molar-refractivity contribution is -1.92. The monoisotopic (exact) mass is 282 g/mol. The highest BCUT2D eigenvalue weighted by molar-refractivity contribution is 5.03. The molecule has 0 aromatic rings. The number of ether oxygens (including phenoxy) is 1. The van der Waals surface area contributed by atoms with E-state index in [0.717, 1.165) is 0 Å². The van der Waals surface area contributed by atoms with Crippen molar-refractivity contribution < 1.29 is 33.2 Å². The molecule has 18 heavy (non-hydrogen) atoms. The maximum Gasteiger partial charge on any atom is 0.329 e. The second kappa shape index (κ2) is 4.04. The van der Waals surface area contributed by atoms with Crippen LogP contribution < -0.4 is 14.0 Å². The van der Waals surface area contributed by atoms with E-state index in [-0.39, 0.29) is 5.41 Å². The SMILES string of the molecule is CC(C)(C)C1(O[Cl+3]([O-])([O-])[O-])CC(C)(C)C(C)(C)O1. The third-order valence-electron chi connectivity index (χ3n) is 4.09. The number of rotatable bonds is 2. The van der Waals surface area contributed by atoms with Gasteiger partial charge in [0.05, 0.1) is 15.8 Å². The van der Waals surface area contributed by atoms with Crippen molar-refractivity contribution >= 4 is 0 Å². The fourth-order valence-electron chi connectivity index (χ4n) is 2.11. The van der Waals surface area contributed by atoms with Gasteiger partial charge in [-0.25, -0.2) is 0 Å². The molecule has 0 amide bonds. The zero-order valence-electron chi connectivity index (χ0n) is 12.1. The van der Waals surface area contributed by atoms with Crippen molar-refractivity contribution in [3.05, 3.63) is 0 Å². The van der Waals surface area contributed by atoms with Crippen molar-refractivity contribution in [2.24, 2.45) is 10.8 Å². The number of halogens is 1. The van der Waals surface area contributed by atoms with Gasteiger partial charge in [0.2, 0.25) is 0 Å². The molecule has 1 rings (SSSR count). The van der Waals surface area contributed by atoms with Crippen LogP contribution in [-0.4, -0.2) is 11.4 Å². The fraction of sp³-hybridized carbons (Fsp3) is 1.00. The molecule has 0 spiro atoms. The maximum atomic E-state index is 11.0. The van der Waals surface area contributed by atoms with Gasteiger partial charge in [-0.3, -0.25) is 0 Å². The minimum atomic E-state index is -4.53. The molecule has 1 saturated heterocycles. The fourth-order valence-corrected chi connectivity index (χ4v) is 2.73. The average molecular weight is 283 g/mol. The molecular weight excluding hydrogens is 260 g/mol. The first-order valence-corrected chi connectivity index (χ1v) is 7.17. The Balaban J connectivity index is 3.20. The van der Waals surface area contributed by atoms with Crippen molar-refractivity contribution in [2.45, 2.75) is 66.3 Å². The topological polar surface area (TPSA) is 87.6 Å². The quantitative estimate of drug-likeness (QED) is 0.704. The summed E-state index contributed by atoms with van der Waals surface area (Å²) in [6.07, 6.45) is 0.338. The predicted octanol–water partition coefficient (Wildman–Crippen LogP) is -0.132. The van der Waals surface area contributed by atoms with Crippen LogP contribution in [0.2, 0.25) is 0 Å². The zero-order valence-corrected chi connectivity index (χ0v) is 12.9. The molecule has 1 aliphatic heterocycles. The standard InChI is InChI=1S/C12H23ClO5/c1-9(2,3)12(18-13(14,15)16)8-10(4,5)11(6,7)17-12/h8H2,1-7H3. The molecule has 0 bridgehead atoms. The zero-order chi connectivity index (χ0) is 14.6. The van der Waals surface area contributed by atoms with Gasteiger partial charge in [0.25, 0.3) is 0 Å². The molecule has 0 N–H and O–H groups in total. The first-order chi connectivity index (χ1) is 7.62. The summed E-state index contributed by atoms with van der Waals surface area (Å²) in [5.74, 6) is -1.43. The molecule has 1 heterocycles. The molecule has 0 saturated carbocycles. The van der Waals surface area contributed by atoms with Crippen LogP contribution in [0.25, 0.3) is 0 Å². The van der Waals surface area contributed by atoms with Crippen LogP contribution >= 0.6 is 0 Å². The molecule has 1 fully saturated rings. The van der Waals surface area contributed by atoms with Crippen LogP contribution in [0.5, 0.6) is 0 Å². The van der Waals surface area contributed by atoms with Gasteiger partial charge in [-0.05, 0) is 19.3 Å². The molecule has 5 nitrogen and oxygen atoms in total. The smallest absolute Gasteiger partial charge is 0.329 e. The second-order valence-electron chi connectivity index (χ2n) is 7.13. The summed E-state index contributed by atoms with van der Waals surface area (Å²) in [6.45, 7) is 13.1. The number of hydrogen-bond donors (Lipinski definition) is 0. The minimum Gasteiger partial charge on any atom is -0.330 e. The van der Waals surface area contributed by atoms with Gasteiger partial charge in [-0.1, -0.05) is 34.6 Å². The summed E-state index contributed by atoms with van der Waals surface area (Å²) in [6, 6.07) is 0. The van der Waals surface area contributed by atoms with Gasteiger partial charge >= 0.3 is 5.79 Å². The molecule has 1 atom stereocenters. The van der Waals surface area contributed by atoms with Crippen molar-refractivity contribution in [1.82, 2.24) is 0 Å². The third-order valence-corrected chi connectivity index (χ3v) is 4.52. The van der Waals surface area contributed by atoms with E-state index < -0.39 is 27.0 Å². The minimum absolute atomic E-state index is 0.305. The van der Waals surface area contributed by atoms with Crippen LogP contribution in [0.15, 0.2) is 0 Å². The van der Waals surface area contributed by atoms with Crippen LogP contribution in [0.4, 0.5) is 0 Å². The van der Waals surface area contributed by atoms with E-state index in [0.29, 0.717) is 6.42 Å². The summed E-state index contributed by atoms with van der Waals surface area (Å²) in [7, 11) is -4.53. The summed E-state index contributed by atoms with van der Waals surface area (Å²) in [5, 5.41) is 0. The van der Waals surface area contributed by atoms with E-state index in [1.54, 1.807) is 20.8 Å². The second-order valence-corrected chi connectivity index (χ2v) is 8.04. The highest BCUT2D eigenvalue weighted by Gasteiger charge is 2.68. The molecule has 6 heteroatoms. The van der Waals surface area contributed by atoms with Crippen LogP contribution in [0.1, 0.15) is 54.9 Å². The van der Waals surface area contributed by atoms with E-state index >= 15 is 0 Å². The average Bonchev–Trinajstić information content (AvgIpc) is 2.11. The van der Waals surface area contributed by atoms with Gasteiger partial charge in [-0.15, -0.1) is 0 Å². The Morgan fingerprint density at radius 1 is 1.06 bits per heavy atom. The van der Waals surface area contributed by atoms with Crippen LogP contribution in [0.3, 0.4) is 0 Å². The molecule has 1 unspecified atom stereocenters. The molecule has 0 aliphatic carbocycles. The molecule has 0 aromatic carbocycles. The van der Waals surface area contributed by atoms with Gasteiger partial charge in [-0.2, -0.15) is 14.0 Å². The highest BCUT2D eigenvalue weighted by atomic mass is 35.7. The summed E-state index contributed by atoms with van der Waals surface area (Å²) in [5.41, 5.74) is -1.52. The van der Waals surface area contributed by atoms with E-state index in [1.807, 2.05) is 27.7 Å². The van der Waals surface area contributed by atoms with Crippen molar-refractivity contribution in [3.63, 3.8) is 0 Å². The predicted molar refractivity (Wildman–Crippen MR) is 56.8 cm³/mol. The molecule has 0 aromatic heterocycles. The highest BCUT2D eigenvalue weighted by Crippen LogP contribution is 2.57. The largest absolute Gasteiger partial charge is 0.330 e. The lowest BCUT2D eigenvalue weighted by atomic mass is 9.72. The Kier molecular flexibility index (Phi) is 3.62. The van der Waals surface area contributed by atoms with Crippen LogP contribution in [-0.2, 0) is 9.03 Å². The van der Waals surface area contributed by atoms with E-state index in [1.165, 1.54) is 0 Å². The van der Waals surface area contributed by atoms with Crippen LogP contribution in [0, 0.1) is 21.1 Å². The Hall–Kier alpha value is 0.0900. The lowest BCUT2D eigenvalue weighted by Crippen LogP contribution is -2.66. The maximum absolute atomic E-state index is 11.0. The first-order valence-electron chi connectivity index (χ1n) is 5.94. The van der Waals surface area contributed by atoms with Gasteiger partial charge < -0.3 is 4.74 Å². The van der Waals surface area contributed by atoms with Crippen molar-refractivity contribution in [2.75, 3.05) is 0 Å². The Morgan fingerprint density at radius 3 is 1.72 bits per heavy atom. The summed E-state index contributed by atoms with van der Waals surface area (Å²) < 4.78 is 43.6. The Labute approximate surface area is 111 Å². The molecule has 0 radical (unpaired) electrons. The van der Waals surface area contributed by atoms with E-state index in [2.05, 4.69) is 0 Å². The van der Waals surface area contributed by atoms with E-state index in [4.69, 9.17) is 9.03 Å². The first kappa shape index (κ1) is 16.1. The molecular formula is C12H23ClO5.